The summed E-state index contributed by atoms with van der Waals surface area (Å²) < 4.78 is 11.5. The minimum absolute atomic E-state index is 0.0546. The van der Waals surface area contributed by atoms with Gasteiger partial charge in [-0.25, -0.2) is 0 Å². The third-order valence-corrected chi connectivity index (χ3v) is 5.78. The zero-order valence-corrected chi connectivity index (χ0v) is 18.2. The molecule has 160 valence electrons. The summed E-state index contributed by atoms with van der Waals surface area (Å²) in [5, 5.41) is 9.72. The highest BCUT2D eigenvalue weighted by Gasteiger charge is 2.33. The third kappa shape index (κ3) is 8.40. The van der Waals surface area contributed by atoms with Crippen molar-refractivity contribution in [2.75, 3.05) is 20.3 Å². The molecule has 1 fully saturated rings. The maximum absolute atomic E-state index is 9.72. The van der Waals surface area contributed by atoms with Crippen molar-refractivity contribution in [2.24, 2.45) is 17.6 Å². The summed E-state index contributed by atoms with van der Waals surface area (Å²) in [6, 6.07) is 6.15. The van der Waals surface area contributed by atoms with Crippen LogP contribution in [0, 0.1) is 11.8 Å². The Hall–Kier alpha value is -1.26. The molecule has 1 unspecified atom stereocenters. The van der Waals surface area contributed by atoms with E-state index in [0.29, 0.717) is 5.92 Å². The van der Waals surface area contributed by atoms with Crippen molar-refractivity contribution in [1.82, 2.24) is 0 Å². The van der Waals surface area contributed by atoms with Gasteiger partial charge in [-0.2, -0.15) is 0 Å². The van der Waals surface area contributed by atoms with E-state index in [0.717, 1.165) is 49.7 Å². The number of hydrogen-bond donors (Lipinski definition) is 2. The Bertz CT molecular complexity index is 571. The Kier molecular flexibility index (Phi) is 9.60. The van der Waals surface area contributed by atoms with Gasteiger partial charge in [0.05, 0.1) is 20.3 Å². The molecule has 0 spiro atoms. The van der Waals surface area contributed by atoms with Gasteiger partial charge in [-0.15, -0.1) is 0 Å². The Morgan fingerprint density at radius 2 is 1.89 bits per heavy atom. The number of unbranched alkanes of at least 4 members (excludes halogenated alkanes) is 3. The van der Waals surface area contributed by atoms with E-state index in [1.54, 1.807) is 7.11 Å². The fourth-order valence-corrected chi connectivity index (χ4v) is 3.71. The van der Waals surface area contributed by atoms with Crippen LogP contribution in [0.3, 0.4) is 0 Å². The molecular formula is C24H41NO3. The van der Waals surface area contributed by atoms with E-state index in [-0.39, 0.29) is 6.61 Å². The number of rotatable bonds is 15. The predicted molar refractivity (Wildman–Crippen MR) is 116 cm³/mol. The molecule has 0 aliphatic heterocycles. The Labute approximate surface area is 171 Å². The van der Waals surface area contributed by atoms with Gasteiger partial charge < -0.3 is 20.3 Å². The number of ether oxygens (including phenoxy) is 2. The average Bonchev–Trinajstić information content (AvgIpc) is 3.49. The summed E-state index contributed by atoms with van der Waals surface area (Å²) in [6.07, 6.45) is 11.3. The Morgan fingerprint density at radius 1 is 1.14 bits per heavy atom. The number of aliphatic hydroxyl groups is 1. The van der Waals surface area contributed by atoms with Gasteiger partial charge in [0.2, 0.25) is 0 Å². The van der Waals surface area contributed by atoms with Crippen LogP contribution in [0.15, 0.2) is 18.2 Å². The summed E-state index contributed by atoms with van der Waals surface area (Å²) in [4.78, 5) is 0. The van der Waals surface area contributed by atoms with Gasteiger partial charge in [-0.05, 0) is 55.2 Å². The fraction of sp³-hybridized carbons (Fsp3) is 0.750. The van der Waals surface area contributed by atoms with Crippen molar-refractivity contribution >= 4 is 0 Å². The van der Waals surface area contributed by atoms with Crippen molar-refractivity contribution < 1.29 is 14.6 Å². The molecular weight excluding hydrogens is 350 g/mol. The first-order valence-corrected chi connectivity index (χ1v) is 11.2. The number of aryl methyl sites for hydroxylation is 1. The van der Waals surface area contributed by atoms with Crippen LogP contribution in [0.25, 0.3) is 0 Å². The summed E-state index contributed by atoms with van der Waals surface area (Å²) in [5.41, 5.74) is 7.13. The maximum atomic E-state index is 9.72. The molecule has 28 heavy (non-hydrogen) atoms. The number of benzene rings is 1. The zero-order chi connectivity index (χ0) is 20.4. The van der Waals surface area contributed by atoms with Crippen LogP contribution in [0.4, 0.5) is 0 Å². The molecule has 2 rings (SSSR count). The molecule has 0 heterocycles. The first-order valence-electron chi connectivity index (χ1n) is 11.2. The molecule has 1 atom stereocenters. The van der Waals surface area contributed by atoms with Crippen LogP contribution in [0.1, 0.15) is 77.2 Å². The van der Waals surface area contributed by atoms with Gasteiger partial charge in [0.1, 0.15) is 0 Å². The highest BCUT2D eigenvalue weighted by molar-refractivity contribution is 5.43. The van der Waals surface area contributed by atoms with Crippen molar-refractivity contribution in [2.45, 2.75) is 83.6 Å². The third-order valence-electron chi connectivity index (χ3n) is 5.78. The van der Waals surface area contributed by atoms with Gasteiger partial charge in [-0.1, -0.05) is 58.4 Å². The predicted octanol–water partition coefficient (Wildman–Crippen LogP) is 5.10. The fourth-order valence-electron chi connectivity index (χ4n) is 3.71. The largest absolute Gasteiger partial charge is 0.493 e. The number of hydrogen-bond acceptors (Lipinski definition) is 4. The standard InChI is InChI=1S/C24H41NO3/c1-19(2)8-6-4-5-7-15-28-22-12-11-20(16-23(22)27-3)13-14-24(25,18-26)17-21-9-10-21/h11-12,16,19,21,26H,4-10,13-15,17-18,25H2,1-3H3. The van der Waals surface area contributed by atoms with Crippen molar-refractivity contribution in [1.29, 1.82) is 0 Å². The smallest absolute Gasteiger partial charge is 0.161 e. The van der Waals surface area contributed by atoms with E-state index in [4.69, 9.17) is 15.2 Å². The molecule has 0 radical (unpaired) electrons. The average molecular weight is 392 g/mol. The van der Waals surface area contributed by atoms with Gasteiger partial charge in [0.15, 0.2) is 11.5 Å². The van der Waals surface area contributed by atoms with Crippen LogP contribution in [0.5, 0.6) is 11.5 Å². The number of methoxy groups -OCH3 is 1. The molecule has 1 aromatic carbocycles. The second kappa shape index (κ2) is 11.7. The Morgan fingerprint density at radius 3 is 2.54 bits per heavy atom. The molecule has 4 heteroatoms. The number of aliphatic hydroxyl groups excluding tert-OH is 1. The van der Waals surface area contributed by atoms with E-state index in [1.807, 2.05) is 12.1 Å². The molecule has 0 amide bonds. The van der Waals surface area contributed by atoms with Crippen molar-refractivity contribution in [3.8, 4) is 11.5 Å². The number of nitrogens with two attached hydrogens (primary N) is 1. The summed E-state index contributed by atoms with van der Waals surface area (Å²) in [7, 11) is 1.69. The highest BCUT2D eigenvalue weighted by Crippen LogP contribution is 2.37. The minimum atomic E-state index is -0.459. The van der Waals surface area contributed by atoms with Crippen LogP contribution in [0.2, 0.25) is 0 Å². The topological polar surface area (TPSA) is 64.7 Å². The molecule has 0 aromatic heterocycles. The zero-order valence-electron chi connectivity index (χ0n) is 18.2. The molecule has 4 nitrogen and oxygen atoms in total. The normalized spacial score (nSPS) is 16.2. The van der Waals surface area contributed by atoms with Gasteiger partial charge >= 0.3 is 0 Å². The van der Waals surface area contributed by atoms with Crippen LogP contribution >= 0.6 is 0 Å². The van der Waals surface area contributed by atoms with Crippen LogP contribution < -0.4 is 15.2 Å². The quantitative estimate of drug-likeness (QED) is 0.408. The molecule has 0 saturated heterocycles. The van der Waals surface area contributed by atoms with E-state index < -0.39 is 5.54 Å². The van der Waals surface area contributed by atoms with Crippen molar-refractivity contribution in [3.63, 3.8) is 0 Å². The Balaban J connectivity index is 1.76. The summed E-state index contributed by atoms with van der Waals surface area (Å²) in [5.74, 6) is 3.11. The monoisotopic (exact) mass is 391 g/mol. The van der Waals surface area contributed by atoms with Gasteiger partial charge in [0.25, 0.3) is 0 Å². The SMILES string of the molecule is COc1cc(CCC(N)(CO)CC2CC2)ccc1OCCCCCCC(C)C. The summed E-state index contributed by atoms with van der Waals surface area (Å²) in [6.45, 7) is 5.35. The van der Waals surface area contributed by atoms with Crippen LogP contribution in [-0.2, 0) is 6.42 Å². The van der Waals surface area contributed by atoms with Crippen LogP contribution in [-0.4, -0.2) is 31.0 Å². The highest BCUT2D eigenvalue weighted by atomic mass is 16.5. The van der Waals surface area contributed by atoms with Gasteiger partial charge in [-0.3, -0.25) is 0 Å². The second-order valence-corrected chi connectivity index (χ2v) is 9.10. The lowest BCUT2D eigenvalue weighted by Gasteiger charge is -2.27. The summed E-state index contributed by atoms with van der Waals surface area (Å²) >= 11 is 0. The first kappa shape index (κ1) is 23.0. The lowest BCUT2D eigenvalue weighted by molar-refractivity contribution is 0.172. The maximum Gasteiger partial charge on any atom is 0.161 e. The van der Waals surface area contributed by atoms with E-state index in [1.165, 1.54) is 44.1 Å². The van der Waals surface area contributed by atoms with E-state index >= 15 is 0 Å². The second-order valence-electron chi connectivity index (χ2n) is 9.10. The molecule has 0 bridgehead atoms. The minimum Gasteiger partial charge on any atom is -0.493 e. The molecule has 1 saturated carbocycles. The van der Waals surface area contributed by atoms with Crippen molar-refractivity contribution in [3.05, 3.63) is 23.8 Å². The lowest BCUT2D eigenvalue weighted by Crippen LogP contribution is -2.44. The van der Waals surface area contributed by atoms with E-state index in [2.05, 4.69) is 19.9 Å². The van der Waals surface area contributed by atoms with E-state index in [9.17, 15) is 5.11 Å². The molecule has 1 aliphatic carbocycles. The molecule has 1 aromatic rings. The first-order chi connectivity index (χ1) is 13.5. The van der Waals surface area contributed by atoms with Gasteiger partial charge in [0, 0.05) is 5.54 Å². The molecule has 3 N–H and O–H groups in total. The lowest BCUT2D eigenvalue weighted by atomic mass is 9.88. The molecule has 1 aliphatic rings.